The van der Waals surface area contributed by atoms with Gasteiger partial charge in [0.2, 0.25) is 5.76 Å². The van der Waals surface area contributed by atoms with Gasteiger partial charge in [0.1, 0.15) is 5.76 Å². The van der Waals surface area contributed by atoms with Gasteiger partial charge in [0, 0.05) is 13.1 Å². The van der Waals surface area contributed by atoms with Crippen molar-refractivity contribution in [2.24, 2.45) is 4.99 Å². The number of hydrogen-bond donors (Lipinski definition) is 2. The average Bonchev–Trinajstić information content (AvgIpc) is 2.87. The lowest BCUT2D eigenvalue weighted by atomic mass is 10.4. The topological polar surface area (TPSA) is 75.9 Å². The summed E-state index contributed by atoms with van der Waals surface area (Å²) in [6, 6.07) is 3.37. The zero-order chi connectivity index (χ0) is 12.8. The van der Waals surface area contributed by atoms with E-state index in [1.54, 1.807) is 19.1 Å². The van der Waals surface area contributed by atoms with Gasteiger partial charge in [0.15, 0.2) is 5.96 Å². The quantitative estimate of drug-likeness (QED) is 0.613. The SMILES string of the molecule is CCOC(=O)c1ccc(CNC2=NCCCN2)o1.I. The molecule has 0 saturated carbocycles. The summed E-state index contributed by atoms with van der Waals surface area (Å²) >= 11 is 0. The van der Waals surface area contributed by atoms with Crippen molar-refractivity contribution in [1.29, 1.82) is 0 Å². The van der Waals surface area contributed by atoms with Crippen LogP contribution in [0.25, 0.3) is 0 Å². The van der Waals surface area contributed by atoms with Crippen molar-refractivity contribution in [2.75, 3.05) is 19.7 Å². The lowest BCUT2D eigenvalue weighted by Gasteiger charge is -2.15. The van der Waals surface area contributed by atoms with Gasteiger partial charge >= 0.3 is 5.97 Å². The molecule has 0 aromatic carbocycles. The van der Waals surface area contributed by atoms with E-state index in [-0.39, 0.29) is 29.7 Å². The second-order valence-electron chi connectivity index (χ2n) is 3.85. The Hall–Kier alpha value is -1.25. The Morgan fingerprint density at radius 3 is 3.11 bits per heavy atom. The fraction of sp³-hybridized carbons (Fsp3) is 0.500. The Morgan fingerprint density at radius 2 is 2.42 bits per heavy atom. The van der Waals surface area contributed by atoms with Crippen LogP contribution in [0.4, 0.5) is 0 Å². The molecular weight excluding hydrogens is 361 g/mol. The summed E-state index contributed by atoms with van der Waals surface area (Å²) in [4.78, 5) is 15.7. The number of aliphatic imine (C=N–C) groups is 1. The molecule has 0 atom stereocenters. The molecule has 19 heavy (non-hydrogen) atoms. The van der Waals surface area contributed by atoms with Crippen LogP contribution in [0.2, 0.25) is 0 Å². The number of rotatable bonds is 4. The molecule has 0 saturated heterocycles. The van der Waals surface area contributed by atoms with Crippen molar-refractivity contribution in [1.82, 2.24) is 10.6 Å². The van der Waals surface area contributed by atoms with Gasteiger partial charge in [-0.15, -0.1) is 24.0 Å². The number of nitrogens with one attached hydrogen (secondary N) is 2. The van der Waals surface area contributed by atoms with Gasteiger partial charge in [-0.05, 0) is 25.5 Å². The fourth-order valence-corrected chi connectivity index (χ4v) is 1.61. The Bertz CT molecular complexity index is 445. The summed E-state index contributed by atoms with van der Waals surface area (Å²) in [5.41, 5.74) is 0. The van der Waals surface area contributed by atoms with Crippen molar-refractivity contribution in [2.45, 2.75) is 19.9 Å². The minimum atomic E-state index is -0.433. The summed E-state index contributed by atoms with van der Waals surface area (Å²) in [5, 5.41) is 6.26. The van der Waals surface area contributed by atoms with Gasteiger partial charge in [-0.1, -0.05) is 0 Å². The zero-order valence-corrected chi connectivity index (χ0v) is 13.1. The highest BCUT2D eigenvalue weighted by Gasteiger charge is 2.12. The number of nitrogens with zero attached hydrogens (tertiary/aromatic N) is 1. The highest BCUT2D eigenvalue weighted by molar-refractivity contribution is 14.0. The molecule has 7 heteroatoms. The highest BCUT2D eigenvalue weighted by Crippen LogP contribution is 2.09. The van der Waals surface area contributed by atoms with E-state index in [0.29, 0.717) is 18.9 Å². The van der Waals surface area contributed by atoms with Crippen LogP contribution in [0.15, 0.2) is 21.5 Å². The minimum Gasteiger partial charge on any atom is -0.460 e. The first kappa shape index (κ1) is 15.8. The van der Waals surface area contributed by atoms with Gasteiger partial charge in [-0.25, -0.2) is 4.79 Å². The lowest BCUT2D eigenvalue weighted by molar-refractivity contribution is 0.0488. The third kappa shape index (κ3) is 4.73. The molecule has 1 aromatic rings. The Balaban J connectivity index is 0.00000180. The largest absolute Gasteiger partial charge is 0.460 e. The second kappa shape index (κ2) is 8.03. The van der Waals surface area contributed by atoms with Gasteiger partial charge < -0.3 is 19.8 Å². The molecule has 0 bridgehead atoms. The molecule has 1 aliphatic rings. The standard InChI is InChI=1S/C12H17N3O3.HI/c1-2-17-11(16)10-5-4-9(18-10)8-15-12-13-6-3-7-14-12;/h4-5H,2-3,6-8H2,1H3,(H2,13,14,15);1H. The van der Waals surface area contributed by atoms with E-state index in [0.717, 1.165) is 25.5 Å². The van der Waals surface area contributed by atoms with Crippen molar-refractivity contribution in [3.63, 3.8) is 0 Å². The van der Waals surface area contributed by atoms with Crippen LogP contribution in [-0.4, -0.2) is 31.6 Å². The van der Waals surface area contributed by atoms with E-state index in [9.17, 15) is 4.79 Å². The third-order valence-electron chi connectivity index (χ3n) is 2.47. The van der Waals surface area contributed by atoms with Crippen LogP contribution in [0.1, 0.15) is 29.7 Å². The molecule has 0 amide bonds. The van der Waals surface area contributed by atoms with Gasteiger partial charge in [-0.3, -0.25) is 4.99 Å². The second-order valence-corrected chi connectivity index (χ2v) is 3.85. The first-order valence-electron chi connectivity index (χ1n) is 6.07. The Morgan fingerprint density at radius 1 is 1.58 bits per heavy atom. The van der Waals surface area contributed by atoms with Crippen LogP contribution in [0.3, 0.4) is 0 Å². The summed E-state index contributed by atoms with van der Waals surface area (Å²) < 4.78 is 10.2. The number of furan rings is 1. The number of carbonyl (C=O) groups is 1. The predicted molar refractivity (Wildman–Crippen MR) is 81.8 cm³/mol. The molecule has 0 fully saturated rings. The minimum absolute atomic E-state index is 0. The number of hydrogen-bond acceptors (Lipinski definition) is 6. The first-order chi connectivity index (χ1) is 8.79. The Kier molecular flexibility index (Phi) is 6.68. The lowest BCUT2D eigenvalue weighted by Crippen LogP contribution is -2.40. The maximum atomic E-state index is 11.4. The average molecular weight is 379 g/mol. The third-order valence-corrected chi connectivity index (χ3v) is 2.47. The van der Waals surface area contributed by atoms with Crippen LogP contribution in [-0.2, 0) is 11.3 Å². The summed E-state index contributed by atoms with van der Waals surface area (Å²) in [7, 11) is 0. The predicted octanol–water partition coefficient (Wildman–Crippen LogP) is 1.51. The van der Waals surface area contributed by atoms with Crippen LogP contribution < -0.4 is 10.6 Å². The van der Waals surface area contributed by atoms with Crippen LogP contribution in [0, 0.1) is 0 Å². The fourth-order valence-electron chi connectivity index (χ4n) is 1.61. The van der Waals surface area contributed by atoms with E-state index in [1.807, 2.05) is 0 Å². The van der Waals surface area contributed by atoms with E-state index >= 15 is 0 Å². The highest BCUT2D eigenvalue weighted by atomic mass is 127. The summed E-state index contributed by atoms with van der Waals surface area (Å²) in [5.74, 6) is 1.24. The molecule has 2 N–H and O–H groups in total. The van der Waals surface area contributed by atoms with E-state index < -0.39 is 5.97 Å². The summed E-state index contributed by atoms with van der Waals surface area (Å²) in [6.45, 7) is 4.36. The molecule has 0 radical (unpaired) electrons. The maximum absolute atomic E-state index is 11.4. The molecule has 0 unspecified atom stereocenters. The number of carbonyl (C=O) groups excluding carboxylic acids is 1. The van der Waals surface area contributed by atoms with E-state index in [2.05, 4.69) is 15.6 Å². The molecule has 2 rings (SSSR count). The van der Waals surface area contributed by atoms with E-state index in [4.69, 9.17) is 9.15 Å². The number of guanidine groups is 1. The van der Waals surface area contributed by atoms with Crippen molar-refractivity contribution < 1.29 is 13.9 Å². The normalized spacial score (nSPS) is 13.8. The van der Waals surface area contributed by atoms with Gasteiger partial charge in [0.25, 0.3) is 0 Å². The van der Waals surface area contributed by atoms with Crippen molar-refractivity contribution >= 4 is 35.9 Å². The zero-order valence-electron chi connectivity index (χ0n) is 10.8. The van der Waals surface area contributed by atoms with Crippen molar-refractivity contribution in [3.05, 3.63) is 23.7 Å². The number of halogens is 1. The molecular formula is C12H18IN3O3. The molecule has 0 aliphatic carbocycles. The molecule has 1 aromatic heterocycles. The smallest absolute Gasteiger partial charge is 0.374 e. The monoisotopic (exact) mass is 379 g/mol. The van der Waals surface area contributed by atoms with E-state index in [1.165, 1.54) is 0 Å². The number of ether oxygens (including phenoxy) is 1. The summed E-state index contributed by atoms with van der Waals surface area (Å²) in [6.07, 6.45) is 1.05. The maximum Gasteiger partial charge on any atom is 0.374 e. The van der Waals surface area contributed by atoms with Gasteiger partial charge in [0.05, 0.1) is 13.2 Å². The van der Waals surface area contributed by atoms with Crippen molar-refractivity contribution in [3.8, 4) is 0 Å². The molecule has 1 aliphatic heterocycles. The Labute approximate surface area is 129 Å². The molecule has 6 nitrogen and oxygen atoms in total. The molecule has 0 spiro atoms. The molecule has 106 valence electrons. The molecule has 2 heterocycles. The van der Waals surface area contributed by atoms with Crippen LogP contribution >= 0.6 is 24.0 Å². The number of esters is 1. The van der Waals surface area contributed by atoms with Gasteiger partial charge in [-0.2, -0.15) is 0 Å². The van der Waals surface area contributed by atoms with Crippen LogP contribution in [0.5, 0.6) is 0 Å². The first-order valence-corrected chi connectivity index (χ1v) is 6.07.